The minimum atomic E-state index is 0.0261. The number of rotatable bonds is 4. The van der Waals surface area contributed by atoms with Gasteiger partial charge in [0, 0.05) is 39.1 Å². The van der Waals surface area contributed by atoms with Crippen LogP contribution in [0.4, 0.5) is 4.79 Å². The molecule has 1 aliphatic rings. The van der Waals surface area contributed by atoms with Crippen molar-refractivity contribution in [3.63, 3.8) is 0 Å². The van der Waals surface area contributed by atoms with Gasteiger partial charge in [-0.1, -0.05) is 34.6 Å². The molecule has 0 spiro atoms. The highest BCUT2D eigenvalue weighted by Gasteiger charge is 2.32. The molecule has 134 valence electrons. The first-order valence-electron chi connectivity index (χ1n) is 8.79. The number of hydrogen-bond acceptors (Lipinski definition) is 2. The normalized spacial score (nSPS) is 18.0. The van der Waals surface area contributed by atoms with E-state index in [1.165, 1.54) is 0 Å². The van der Waals surface area contributed by atoms with Crippen LogP contribution in [0.2, 0.25) is 0 Å². The van der Waals surface area contributed by atoms with Crippen molar-refractivity contribution in [2.75, 3.05) is 27.2 Å². The van der Waals surface area contributed by atoms with E-state index in [4.69, 9.17) is 0 Å². The van der Waals surface area contributed by atoms with E-state index in [9.17, 15) is 9.59 Å². The monoisotopic (exact) mass is 325 g/mol. The largest absolute Gasteiger partial charge is 0.353 e. The Morgan fingerprint density at radius 3 is 2.09 bits per heavy atom. The third-order valence-corrected chi connectivity index (χ3v) is 4.59. The second-order valence-corrected chi connectivity index (χ2v) is 8.50. The molecule has 0 aromatic carbocycles. The Bertz CT molecular complexity index is 405. The molecule has 3 amide bonds. The minimum Gasteiger partial charge on any atom is -0.353 e. The zero-order chi connectivity index (χ0) is 17.8. The molecular formula is C18H35N3O2. The van der Waals surface area contributed by atoms with Gasteiger partial charge in [0.15, 0.2) is 0 Å². The van der Waals surface area contributed by atoms with Crippen LogP contribution in [-0.2, 0) is 4.79 Å². The standard InChI is InChI=1S/C18H35N3O2/c1-13(2)12-15(18(3,4)5)19-16(22)14-8-10-21(11-9-14)17(23)20(6)7/h13-15H,8-12H2,1-7H3,(H,19,22). The zero-order valence-corrected chi connectivity index (χ0v) is 16.0. The van der Waals surface area contributed by atoms with E-state index in [1.54, 1.807) is 19.0 Å². The Labute approximate surface area is 141 Å². The van der Waals surface area contributed by atoms with Crippen LogP contribution in [0.1, 0.15) is 53.9 Å². The van der Waals surface area contributed by atoms with Crippen molar-refractivity contribution in [3.05, 3.63) is 0 Å². The molecule has 0 radical (unpaired) electrons. The topological polar surface area (TPSA) is 52.7 Å². The van der Waals surface area contributed by atoms with Gasteiger partial charge in [-0.05, 0) is 30.6 Å². The second kappa shape index (κ2) is 8.02. The highest BCUT2D eigenvalue weighted by atomic mass is 16.2. The van der Waals surface area contributed by atoms with E-state index in [2.05, 4.69) is 39.9 Å². The molecule has 1 rings (SSSR count). The molecule has 0 saturated carbocycles. The number of hydrogen-bond donors (Lipinski definition) is 1. The van der Waals surface area contributed by atoms with Gasteiger partial charge >= 0.3 is 6.03 Å². The summed E-state index contributed by atoms with van der Waals surface area (Å²) in [7, 11) is 3.53. The van der Waals surface area contributed by atoms with Crippen molar-refractivity contribution in [2.45, 2.75) is 59.9 Å². The van der Waals surface area contributed by atoms with E-state index < -0.39 is 0 Å². The Balaban J connectivity index is 2.57. The molecule has 0 aliphatic carbocycles. The number of carbonyl (C=O) groups excluding carboxylic acids is 2. The average Bonchev–Trinajstić information content (AvgIpc) is 2.44. The summed E-state index contributed by atoms with van der Waals surface area (Å²) in [6.45, 7) is 12.3. The summed E-state index contributed by atoms with van der Waals surface area (Å²) in [6.07, 6.45) is 2.50. The summed E-state index contributed by atoms with van der Waals surface area (Å²) in [5.74, 6) is 0.736. The van der Waals surface area contributed by atoms with Crippen LogP contribution < -0.4 is 5.32 Å². The first-order chi connectivity index (χ1) is 10.5. The predicted molar refractivity (Wildman–Crippen MR) is 94.2 cm³/mol. The molecule has 1 aliphatic heterocycles. The third kappa shape index (κ3) is 6.04. The summed E-state index contributed by atoms with van der Waals surface area (Å²) in [6, 6.07) is 0.229. The minimum absolute atomic E-state index is 0.0261. The van der Waals surface area contributed by atoms with Gasteiger partial charge < -0.3 is 15.1 Å². The first-order valence-corrected chi connectivity index (χ1v) is 8.79. The van der Waals surface area contributed by atoms with Crippen molar-refractivity contribution in [1.82, 2.24) is 15.1 Å². The molecule has 0 bridgehead atoms. The number of amides is 3. The molecule has 1 heterocycles. The molecule has 5 heteroatoms. The Morgan fingerprint density at radius 2 is 1.70 bits per heavy atom. The van der Waals surface area contributed by atoms with Gasteiger partial charge in [-0.25, -0.2) is 4.79 Å². The van der Waals surface area contributed by atoms with Gasteiger partial charge in [-0.15, -0.1) is 0 Å². The molecule has 1 N–H and O–H groups in total. The quantitative estimate of drug-likeness (QED) is 0.864. The number of likely N-dealkylation sites (tertiary alicyclic amines) is 1. The lowest BCUT2D eigenvalue weighted by molar-refractivity contribution is -0.128. The maximum atomic E-state index is 12.6. The fraction of sp³-hybridized carbons (Fsp3) is 0.889. The maximum Gasteiger partial charge on any atom is 0.319 e. The number of nitrogens with zero attached hydrogens (tertiary/aromatic N) is 2. The fourth-order valence-electron chi connectivity index (χ4n) is 3.01. The number of urea groups is 1. The summed E-state index contributed by atoms with van der Waals surface area (Å²) < 4.78 is 0. The van der Waals surface area contributed by atoms with Crippen LogP contribution in [0, 0.1) is 17.3 Å². The number of piperidine rings is 1. The van der Waals surface area contributed by atoms with Gasteiger partial charge in [-0.2, -0.15) is 0 Å². The van der Waals surface area contributed by atoms with E-state index in [-0.39, 0.29) is 29.3 Å². The smallest absolute Gasteiger partial charge is 0.319 e. The summed E-state index contributed by atoms with van der Waals surface area (Å²) in [5.41, 5.74) is 0.0571. The molecule has 0 aromatic rings. The van der Waals surface area contributed by atoms with Crippen molar-refractivity contribution < 1.29 is 9.59 Å². The van der Waals surface area contributed by atoms with Crippen LogP contribution in [-0.4, -0.2) is 55.0 Å². The van der Waals surface area contributed by atoms with Crippen LogP contribution >= 0.6 is 0 Å². The molecular weight excluding hydrogens is 290 g/mol. The lowest BCUT2D eigenvalue weighted by atomic mass is 9.81. The van der Waals surface area contributed by atoms with E-state index in [1.807, 2.05) is 4.90 Å². The molecule has 1 saturated heterocycles. The number of carbonyl (C=O) groups is 2. The Kier molecular flexibility index (Phi) is 6.90. The summed E-state index contributed by atoms with van der Waals surface area (Å²) >= 11 is 0. The molecule has 1 atom stereocenters. The lowest BCUT2D eigenvalue weighted by Crippen LogP contribution is -2.50. The zero-order valence-electron chi connectivity index (χ0n) is 16.0. The van der Waals surface area contributed by atoms with Gasteiger partial charge in [0.25, 0.3) is 0 Å². The fourth-order valence-corrected chi connectivity index (χ4v) is 3.01. The van der Waals surface area contributed by atoms with E-state index in [0.717, 1.165) is 19.3 Å². The number of nitrogens with one attached hydrogen (secondary N) is 1. The molecule has 1 unspecified atom stereocenters. The van der Waals surface area contributed by atoms with Crippen LogP contribution in [0.25, 0.3) is 0 Å². The van der Waals surface area contributed by atoms with Crippen molar-refractivity contribution >= 4 is 11.9 Å². The molecule has 5 nitrogen and oxygen atoms in total. The van der Waals surface area contributed by atoms with E-state index in [0.29, 0.717) is 19.0 Å². The summed E-state index contributed by atoms with van der Waals surface area (Å²) in [5, 5.41) is 3.27. The molecule has 1 fully saturated rings. The third-order valence-electron chi connectivity index (χ3n) is 4.59. The Hall–Kier alpha value is -1.26. The second-order valence-electron chi connectivity index (χ2n) is 8.50. The Morgan fingerprint density at radius 1 is 1.17 bits per heavy atom. The van der Waals surface area contributed by atoms with Crippen LogP contribution in [0.3, 0.4) is 0 Å². The average molecular weight is 325 g/mol. The van der Waals surface area contributed by atoms with Crippen molar-refractivity contribution in [1.29, 1.82) is 0 Å². The lowest BCUT2D eigenvalue weighted by Gasteiger charge is -2.36. The van der Waals surface area contributed by atoms with Gasteiger partial charge in [0.1, 0.15) is 0 Å². The van der Waals surface area contributed by atoms with Gasteiger partial charge in [-0.3, -0.25) is 4.79 Å². The molecule has 0 aromatic heterocycles. The van der Waals surface area contributed by atoms with Gasteiger partial charge in [0.05, 0.1) is 0 Å². The van der Waals surface area contributed by atoms with Crippen molar-refractivity contribution in [3.8, 4) is 0 Å². The van der Waals surface area contributed by atoms with Crippen LogP contribution in [0.5, 0.6) is 0 Å². The highest BCUT2D eigenvalue weighted by Crippen LogP contribution is 2.26. The van der Waals surface area contributed by atoms with Gasteiger partial charge in [0.2, 0.25) is 5.91 Å². The predicted octanol–water partition coefficient (Wildman–Crippen LogP) is 2.96. The first kappa shape index (κ1) is 19.8. The van der Waals surface area contributed by atoms with Crippen LogP contribution in [0.15, 0.2) is 0 Å². The highest BCUT2D eigenvalue weighted by molar-refractivity contribution is 5.80. The SMILES string of the molecule is CC(C)CC(NC(=O)C1CCN(C(=O)N(C)C)CC1)C(C)(C)C. The van der Waals surface area contributed by atoms with E-state index >= 15 is 0 Å². The maximum absolute atomic E-state index is 12.6. The molecule has 23 heavy (non-hydrogen) atoms. The van der Waals surface area contributed by atoms with Crippen molar-refractivity contribution in [2.24, 2.45) is 17.3 Å². The summed E-state index contributed by atoms with van der Waals surface area (Å²) in [4.78, 5) is 28.0.